The van der Waals surface area contributed by atoms with Crippen LogP contribution in [-0.2, 0) is 4.79 Å². The van der Waals surface area contributed by atoms with Crippen LogP contribution in [0.1, 0.15) is 11.1 Å². The molecule has 132 valence electrons. The van der Waals surface area contributed by atoms with Crippen molar-refractivity contribution in [1.82, 2.24) is 10.2 Å². The third-order valence-corrected chi connectivity index (χ3v) is 5.24. The lowest BCUT2D eigenvalue weighted by molar-refractivity contribution is -0.113. The molecule has 1 aromatic heterocycles. The first-order chi connectivity index (χ1) is 12.5. The van der Waals surface area contributed by atoms with Crippen molar-refractivity contribution >= 4 is 39.3 Å². The summed E-state index contributed by atoms with van der Waals surface area (Å²) < 4.78 is 0.976. The van der Waals surface area contributed by atoms with E-state index >= 15 is 0 Å². The SMILES string of the molecule is Cc1ccc(C)c(-c2ccc(SCC(=O)Nc3ccc(Br)cc3)nn2)c1. The van der Waals surface area contributed by atoms with E-state index in [0.29, 0.717) is 0 Å². The molecule has 0 aliphatic rings. The standard InChI is InChI=1S/C20H18BrN3OS/c1-13-3-4-14(2)17(11-13)18-9-10-20(24-23-18)26-12-19(25)22-16-7-5-15(21)6-8-16/h3-11H,12H2,1-2H3,(H,22,25). The van der Waals surface area contributed by atoms with Gasteiger partial charge in [-0.1, -0.05) is 45.4 Å². The number of halogens is 1. The van der Waals surface area contributed by atoms with E-state index in [2.05, 4.69) is 63.5 Å². The number of carbonyl (C=O) groups excluding carboxylic acids is 1. The summed E-state index contributed by atoms with van der Waals surface area (Å²) in [6, 6.07) is 17.6. The Morgan fingerprint density at radius 2 is 1.81 bits per heavy atom. The number of benzene rings is 2. The Bertz CT molecular complexity index is 911. The highest BCUT2D eigenvalue weighted by Crippen LogP contribution is 2.24. The van der Waals surface area contributed by atoms with Crippen LogP contribution in [0.4, 0.5) is 5.69 Å². The first kappa shape index (κ1) is 18.6. The number of hydrogen-bond donors (Lipinski definition) is 1. The molecule has 0 saturated heterocycles. The Balaban J connectivity index is 1.60. The van der Waals surface area contributed by atoms with Gasteiger partial charge in [0, 0.05) is 15.7 Å². The molecule has 0 saturated carbocycles. The van der Waals surface area contributed by atoms with Crippen LogP contribution in [0.3, 0.4) is 0 Å². The number of aromatic nitrogens is 2. The number of nitrogens with zero attached hydrogens (tertiary/aromatic N) is 2. The van der Waals surface area contributed by atoms with E-state index in [9.17, 15) is 4.79 Å². The van der Waals surface area contributed by atoms with E-state index in [1.165, 1.54) is 22.9 Å². The van der Waals surface area contributed by atoms with Crippen molar-refractivity contribution in [2.75, 3.05) is 11.1 Å². The van der Waals surface area contributed by atoms with Crippen LogP contribution in [0.25, 0.3) is 11.3 Å². The average Bonchev–Trinajstić information content (AvgIpc) is 2.64. The largest absolute Gasteiger partial charge is 0.325 e. The third-order valence-electron chi connectivity index (χ3n) is 3.79. The summed E-state index contributed by atoms with van der Waals surface area (Å²) in [4.78, 5) is 12.0. The maximum atomic E-state index is 12.0. The molecule has 1 heterocycles. The second-order valence-corrected chi connectivity index (χ2v) is 7.83. The number of rotatable bonds is 5. The molecule has 3 aromatic rings. The highest BCUT2D eigenvalue weighted by Gasteiger charge is 2.08. The van der Waals surface area contributed by atoms with E-state index in [4.69, 9.17) is 0 Å². The Kier molecular flexibility index (Phi) is 6.06. The molecule has 0 aliphatic carbocycles. The minimum absolute atomic E-state index is 0.0715. The number of aryl methyl sites for hydroxylation is 2. The van der Waals surface area contributed by atoms with E-state index in [-0.39, 0.29) is 11.7 Å². The maximum Gasteiger partial charge on any atom is 0.234 e. The summed E-state index contributed by atoms with van der Waals surface area (Å²) in [7, 11) is 0. The van der Waals surface area contributed by atoms with Gasteiger partial charge in [0.15, 0.2) is 0 Å². The van der Waals surface area contributed by atoms with Crippen molar-refractivity contribution in [2.45, 2.75) is 18.9 Å². The van der Waals surface area contributed by atoms with Gasteiger partial charge in [0.2, 0.25) is 5.91 Å². The van der Waals surface area contributed by atoms with Crippen LogP contribution in [0.15, 0.2) is 64.1 Å². The number of thioether (sulfide) groups is 1. The van der Waals surface area contributed by atoms with Crippen molar-refractivity contribution in [3.05, 3.63) is 70.2 Å². The van der Waals surface area contributed by atoms with E-state index < -0.39 is 0 Å². The molecule has 0 radical (unpaired) electrons. The van der Waals surface area contributed by atoms with Gasteiger partial charge in [0.1, 0.15) is 5.03 Å². The molecule has 0 unspecified atom stereocenters. The van der Waals surface area contributed by atoms with Crippen molar-refractivity contribution in [1.29, 1.82) is 0 Å². The van der Waals surface area contributed by atoms with Gasteiger partial charge >= 0.3 is 0 Å². The summed E-state index contributed by atoms with van der Waals surface area (Å²) in [5.41, 5.74) is 5.06. The van der Waals surface area contributed by atoms with Crippen LogP contribution in [-0.4, -0.2) is 21.9 Å². The highest BCUT2D eigenvalue weighted by molar-refractivity contribution is 9.10. The Morgan fingerprint density at radius 1 is 1.04 bits per heavy atom. The van der Waals surface area contributed by atoms with E-state index in [1.807, 2.05) is 36.4 Å². The number of carbonyl (C=O) groups is 1. The molecule has 26 heavy (non-hydrogen) atoms. The molecule has 3 rings (SSSR count). The number of anilines is 1. The predicted molar refractivity (Wildman–Crippen MR) is 110 cm³/mol. The molecule has 4 nitrogen and oxygen atoms in total. The minimum atomic E-state index is -0.0715. The van der Waals surface area contributed by atoms with Gasteiger partial charge in [-0.25, -0.2) is 0 Å². The van der Waals surface area contributed by atoms with Gasteiger partial charge in [-0.3, -0.25) is 4.79 Å². The van der Waals surface area contributed by atoms with Crippen LogP contribution in [0.5, 0.6) is 0 Å². The van der Waals surface area contributed by atoms with Crippen LogP contribution < -0.4 is 5.32 Å². The molecule has 0 bridgehead atoms. The number of nitrogens with one attached hydrogen (secondary N) is 1. The quantitative estimate of drug-likeness (QED) is 0.564. The van der Waals surface area contributed by atoms with Gasteiger partial charge in [-0.15, -0.1) is 10.2 Å². The molecule has 0 spiro atoms. The van der Waals surface area contributed by atoms with Crippen molar-refractivity contribution < 1.29 is 4.79 Å². The molecule has 0 aliphatic heterocycles. The second-order valence-electron chi connectivity index (χ2n) is 5.92. The molecule has 6 heteroatoms. The zero-order valence-electron chi connectivity index (χ0n) is 14.5. The Morgan fingerprint density at radius 3 is 2.50 bits per heavy atom. The summed E-state index contributed by atoms with van der Waals surface area (Å²) in [5, 5.41) is 12.1. The Labute approximate surface area is 165 Å². The van der Waals surface area contributed by atoms with Gasteiger partial charge in [-0.2, -0.15) is 0 Å². The zero-order chi connectivity index (χ0) is 18.5. The topological polar surface area (TPSA) is 54.9 Å². The van der Waals surface area contributed by atoms with Gasteiger partial charge in [0.25, 0.3) is 0 Å². The molecular formula is C20H18BrN3OS. The smallest absolute Gasteiger partial charge is 0.234 e. The summed E-state index contributed by atoms with van der Waals surface area (Å²) in [6.45, 7) is 4.12. The molecule has 0 fully saturated rings. The highest BCUT2D eigenvalue weighted by atomic mass is 79.9. The third kappa shape index (κ3) is 4.93. The van der Waals surface area contributed by atoms with Crippen LogP contribution >= 0.6 is 27.7 Å². The molecule has 1 amide bonds. The zero-order valence-corrected chi connectivity index (χ0v) is 16.9. The van der Waals surface area contributed by atoms with Crippen molar-refractivity contribution in [3.63, 3.8) is 0 Å². The van der Waals surface area contributed by atoms with E-state index in [1.54, 1.807) is 0 Å². The lowest BCUT2D eigenvalue weighted by Crippen LogP contribution is -2.14. The first-order valence-electron chi connectivity index (χ1n) is 8.11. The average molecular weight is 428 g/mol. The van der Waals surface area contributed by atoms with Gasteiger partial charge < -0.3 is 5.32 Å². The molecule has 2 aromatic carbocycles. The predicted octanol–water partition coefficient (Wildman–Crippen LogP) is 5.25. The normalized spacial score (nSPS) is 10.6. The van der Waals surface area contributed by atoms with Crippen LogP contribution in [0.2, 0.25) is 0 Å². The summed E-state index contributed by atoms with van der Waals surface area (Å²) >= 11 is 4.74. The second kappa shape index (κ2) is 8.47. The molecule has 1 N–H and O–H groups in total. The Hall–Kier alpha value is -2.18. The lowest BCUT2D eigenvalue weighted by atomic mass is 10.0. The monoisotopic (exact) mass is 427 g/mol. The fourth-order valence-corrected chi connectivity index (χ4v) is 3.30. The van der Waals surface area contributed by atoms with Crippen LogP contribution in [0, 0.1) is 13.8 Å². The summed E-state index contributed by atoms with van der Waals surface area (Å²) in [5.74, 6) is 0.214. The maximum absolute atomic E-state index is 12.0. The minimum Gasteiger partial charge on any atom is -0.325 e. The lowest BCUT2D eigenvalue weighted by Gasteiger charge is -2.07. The van der Waals surface area contributed by atoms with E-state index in [0.717, 1.165) is 26.4 Å². The van der Waals surface area contributed by atoms with Crippen molar-refractivity contribution in [3.8, 4) is 11.3 Å². The van der Waals surface area contributed by atoms with Crippen molar-refractivity contribution in [2.24, 2.45) is 0 Å². The fraction of sp³-hybridized carbons (Fsp3) is 0.150. The molecule has 0 atom stereocenters. The first-order valence-corrected chi connectivity index (χ1v) is 9.89. The molecular weight excluding hydrogens is 410 g/mol. The fourth-order valence-electron chi connectivity index (χ4n) is 2.42. The summed E-state index contributed by atoms with van der Waals surface area (Å²) in [6.07, 6.45) is 0. The van der Waals surface area contributed by atoms with Gasteiger partial charge in [0.05, 0.1) is 11.4 Å². The number of hydrogen-bond acceptors (Lipinski definition) is 4. The van der Waals surface area contributed by atoms with Gasteiger partial charge in [-0.05, 0) is 61.9 Å². The number of amides is 1.